The third-order valence-electron chi connectivity index (χ3n) is 2.32. The van der Waals surface area contributed by atoms with Gasteiger partial charge in [0.1, 0.15) is 6.04 Å². The van der Waals surface area contributed by atoms with Gasteiger partial charge in [0.05, 0.1) is 0 Å². The van der Waals surface area contributed by atoms with Crippen molar-refractivity contribution < 1.29 is 19.4 Å². The molecule has 1 aliphatic rings. The molecular formula is C10H18N2O4. The largest absolute Gasteiger partial charge is 0.415 e. The lowest BCUT2D eigenvalue weighted by molar-refractivity contribution is -0.139. The highest BCUT2D eigenvalue weighted by Gasteiger charge is 2.26. The Morgan fingerprint density at radius 3 is 2.69 bits per heavy atom. The molecule has 0 spiro atoms. The van der Waals surface area contributed by atoms with Crippen molar-refractivity contribution in [3.8, 4) is 0 Å². The lowest BCUT2D eigenvalue weighted by Crippen LogP contribution is -2.37. The van der Waals surface area contributed by atoms with Crippen molar-refractivity contribution in [1.29, 1.82) is 0 Å². The topological polar surface area (TPSA) is 102 Å². The number of hydrogen-bond donors (Lipinski definition) is 3. The molecule has 1 atom stereocenters. The van der Waals surface area contributed by atoms with Crippen LogP contribution in [0.2, 0.25) is 0 Å². The van der Waals surface area contributed by atoms with Crippen LogP contribution in [0.25, 0.3) is 0 Å². The summed E-state index contributed by atoms with van der Waals surface area (Å²) in [6.07, 6.45) is 2.80. The highest BCUT2D eigenvalue weighted by molar-refractivity contribution is 5.87. The van der Waals surface area contributed by atoms with Crippen LogP contribution in [0.5, 0.6) is 0 Å². The van der Waals surface area contributed by atoms with Crippen LogP contribution in [-0.2, 0) is 9.53 Å². The first-order valence-electron chi connectivity index (χ1n) is 5.52. The molecule has 0 saturated heterocycles. The fourth-order valence-electron chi connectivity index (χ4n) is 1.18. The predicted molar refractivity (Wildman–Crippen MR) is 56.6 cm³/mol. The first-order chi connectivity index (χ1) is 7.63. The summed E-state index contributed by atoms with van der Waals surface area (Å²) in [5.74, 6) is -0.712. The van der Waals surface area contributed by atoms with Crippen molar-refractivity contribution >= 4 is 12.1 Å². The number of unbranched alkanes of at least 4 members (excludes halogenated alkanes) is 1. The molecule has 6 heteroatoms. The van der Waals surface area contributed by atoms with Gasteiger partial charge in [-0.05, 0) is 32.1 Å². The van der Waals surface area contributed by atoms with E-state index in [1.54, 1.807) is 0 Å². The van der Waals surface area contributed by atoms with Gasteiger partial charge in [0.25, 0.3) is 0 Å². The summed E-state index contributed by atoms with van der Waals surface area (Å²) in [6, 6.07) is -0.637. The van der Waals surface area contributed by atoms with Gasteiger partial charge < -0.3 is 20.9 Å². The van der Waals surface area contributed by atoms with Crippen molar-refractivity contribution in [2.24, 2.45) is 5.73 Å². The third kappa shape index (κ3) is 5.09. The Kier molecular flexibility index (Phi) is 5.21. The minimum atomic E-state index is -0.795. The van der Waals surface area contributed by atoms with Gasteiger partial charge in [0, 0.05) is 12.6 Å². The van der Waals surface area contributed by atoms with E-state index in [4.69, 9.17) is 10.8 Å². The molecular weight excluding hydrogens is 212 g/mol. The Balaban J connectivity index is 2.13. The molecule has 0 aromatic rings. The zero-order chi connectivity index (χ0) is 12.0. The van der Waals surface area contributed by atoms with E-state index in [1.807, 2.05) is 0 Å². The maximum Gasteiger partial charge on any atom is 0.415 e. The number of nitrogens with two attached hydrogens (primary N) is 1. The third-order valence-corrected chi connectivity index (χ3v) is 2.32. The van der Waals surface area contributed by atoms with E-state index in [0.29, 0.717) is 19.3 Å². The van der Waals surface area contributed by atoms with E-state index in [0.717, 1.165) is 12.8 Å². The zero-order valence-electron chi connectivity index (χ0n) is 9.15. The number of alkyl carbamates (subject to hydrolysis) is 1. The molecule has 0 radical (unpaired) electrons. The standard InChI is InChI=1S/C10H18N2O4/c11-8(3-1-2-6-13)9(14)16-10(15)12-7-4-5-7/h7-8,13H,1-6,11H2,(H,12,15)/t8-/m0/s1. The molecule has 0 unspecified atom stereocenters. The van der Waals surface area contributed by atoms with Crippen LogP contribution in [0.15, 0.2) is 0 Å². The van der Waals surface area contributed by atoms with Crippen LogP contribution in [0.1, 0.15) is 32.1 Å². The monoisotopic (exact) mass is 230 g/mol. The van der Waals surface area contributed by atoms with Crippen molar-refractivity contribution in [1.82, 2.24) is 5.32 Å². The van der Waals surface area contributed by atoms with Gasteiger partial charge in [-0.3, -0.25) is 0 Å². The molecule has 0 aliphatic heterocycles. The zero-order valence-corrected chi connectivity index (χ0v) is 9.15. The minimum Gasteiger partial charge on any atom is -0.396 e. The summed E-state index contributed by atoms with van der Waals surface area (Å²) in [5.41, 5.74) is 5.52. The van der Waals surface area contributed by atoms with Crippen molar-refractivity contribution in [3.05, 3.63) is 0 Å². The highest BCUT2D eigenvalue weighted by Crippen LogP contribution is 2.18. The van der Waals surface area contributed by atoms with E-state index in [-0.39, 0.29) is 12.6 Å². The second-order valence-corrected chi connectivity index (χ2v) is 3.95. The fourth-order valence-corrected chi connectivity index (χ4v) is 1.18. The summed E-state index contributed by atoms with van der Waals surface area (Å²) in [6.45, 7) is 0.0733. The number of carbonyl (C=O) groups excluding carboxylic acids is 2. The average Bonchev–Trinajstić information content (AvgIpc) is 3.01. The maximum absolute atomic E-state index is 11.3. The van der Waals surface area contributed by atoms with Crippen LogP contribution in [0.4, 0.5) is 4.79 Å². The van der Waals surface area contributed by atoms with Crippen molar-refractivity contribution in [2.45, 2.75) is 44.2 Å². The molecule has 4 N–H and O–H groups in total. The molecule has 6 nitrogen and oxygen atoms in total. The smallest absolute Gasteiger partial charge is 0.396 e. The van der Waals surface area contributed by atoms with E-state index in [9.17, 15) is 9.59 Å². The van der Waals surface area contributed by atoms with Gasteiger partial charge in [-0.2, -0.15) is 0 Å². The van der Waals surface area contributed by atoms with Gasteiger partial charge in [-0.1, -0.05) is 0 Å². The second-order valence-electron chi connectivity index (χ2n) is 3.95. The van der Waals surface area contributed by atoms with Gasteiger partial charge in [-0.25, -0.2) is 9.59 Å². The van der Waals surface area contributed by atoms with Crippen LogP contribution < -0.4 is 11.1 Å². The summed E-state index contributed by atoms with van der Waals surface area (Å²) >= 11 is 0. The number of carbonyl (C=O) groups is 2. The second kappa shape index (κ2) is 6.44. The molecule has 1 saturated carbocycles. The molecule has 1 aliphatic carbocycles. The summed E-state index contributed by atoms with van der Waals surface area (Å²) in [5, 5.41) is 11.1. The molecule has 1 fully saturated rings. The Morgan fingerprint density at radius 1 is 1.44 bits per heavy atom. The fraction of sp³-hybridized carbons (Fsp3) is 0.800. The lowest BCUT2D eigenvalue weighted by atomic mass is 10.1. The number of hydrogen-bond acceptors (Lipinski definition) is 5. The minimum absolute atomic E-state index is 0.0733. The Bertz CT molecular complexity index is 253. The summed E-state index contributed by atoms with van der Waals surface area (Å²) in [4.78, 5) is 22.4. The average molecular weight is 230 g/mol. The maximum atomic E-state index is 11.3. The molecule has 16 heavy (non-hydrogen) atoms. The summed E-state index contributed by atoms with van der Waals surface area (Å²) < 4.78 is 4.52. The Hall–Kier alpha value is -1.14. The number of nitrogens with one attached hydrogen (secondary N) is 1. The van der Waals surface area contributed by atoms with Gasteiger partial charge >= 0.3 is 12.1 Å². The first kappa shape index (κ1) is 12.9. The quantitative estimate of drug-likeness (QED) is 0.336. The number of amides is 1. The van der Waals surface area contributed by atoms with Crippen molar-refractivity contribution in [2.75, 3.05) is 6.61 Å². The van der Waals surface area contributed by atoms with E-state index in [1.165, 1.54) is 0 Å². The van der Waals surface area contributed by atoms with Gasteiger partial charge in [0.15, 0.2) is 0 Å². The molecule has 1 rings (SSSR count). The normalized spacial score (nSPS) is 16.6. The highest BCUT2D eigenvalue weighted by atomic mass is 16.6. The molecule has 0 aromatic carbocycles. The van der Waals surface area contributed by atoms with E-state index in [2.05, 4.69) is 10.1 Å². The molecule has 0 bridgehead atoms. The number of rotatable bonds is 6. The van der Waals surface area contributed by atoms with Crippen LogP contribution in [0.3, 0.4) is 0 Å². The van der Waals surface area contributed by atoms with E-state index < -0.39 is 18.1 Å². The molecule has 1 amide bonds. The Labute approximate surface area is 94.1 Å². The first-order valence-corrected chi connectivity index (χ1v) is 5.52. The van der Waals surface area contributed by atoms with Crippen LogP contribution in [0, 0.1) is 0 Å². The number of esters is 1. The molecule has 92 valence electrons. The van der Waals surface area contributed by atoms with E-state index >= 15 is 0 Å². The van der Waals surface area contributed by atoms with Crippen molar-refractivity contribution in [3.63, 3.8) is 0 Å². The molecule has 0 aromatic heterocycles. The number of aliphatic hydroxyl groups is 1. The number of aliphatic hydroxyl groups excluding tert-OH is 1. The predicted octanol–water partition coefficient (Wildman–Crippen LogP) is -0.109. The van der Waals surface area contributed by atoms with Gasteiger partial charge in [-0.15, -0.1) is 0 Å². The van der Waals surface area contributed by atoms with Gasteiger partial charge in [0.2, 0.25) is 0 Å². The lowest BCUT2D eigenvalue weighted by Gasteiger charge is -2.10. The SMILES string of the molecule is N[C@@H](CCCCO)C(=O)OC(=O)NC1CC1. The molecule has 0 heterocycles. The van der Waals surface area contributed by atoms with Crippen LogP contribution >= 0.6 is 0 Å². The van der Waals surface area contributed by atoms with Crippen LogP contribution in [-0.4, -0.2) is 35.9 Å². The number of ether oxygens (including phenoxy) is 1. The Morgan fingerprint density at radius 2 is 2.12 bits per heavy atom. The summed E-state index contributed by atoms with van der Waals surface area (Å²) in [7, 11) is 0.